The second-order valence-corrected chi connectivity index (χ2v) is 4.05. The van der Waals surface area contributed by atoms with E-state index in [1.165, 1.54) is 11.8 Å². The second kappa shape index (κ2) is 3.83. The van der Waals surface area contributed by atoms with Gasteiger partial charge in [-0.1, -0.05) is 30.5 Å². The molecule has 1 aromatic rings. The first-order chi connectivity index (χ1) is 6.02. The zero-order valence-corrected chi connectivity index (χ0v) is 8.54. The quantitative estimate of drug-likeness (QED) is 0.738. The van der Waals surface area contributed by atoms with Crippen LogP contribution < -0.4 is 5.73 Å². The SMILES string of the molecule is C=C(N)Sc1c(C)ccc(C)c1F. The molecule has 0 aromatic heterocycles. The lowest BCUT2D eigenvalue weighted by atomic mass is 10.1. The zero-order valence-electron chi connectivity index (χ0n) is 7.73. The molecule has 0 amide bonds. The first-order valence-electron chi connectivity index (χ1n) is 3.90. The number of aryl methyl sites for hydroxylation is 2. The van der Waals surface area contributed by atoms with Gasteiger partial charge in [0.2, 0.25) is 0 Å². The molecule has 70 valence electrons. The van der Waals surface area contributed by atoms with Crippen LogP contribution in [0, 0.1) is 19.7 Å². The molecule has 0 saturated carbocycles. The van der Waals surface area contributed by atoms with Gasteiger partial charge in [-0.3, -0.25) is 0 Å². The molecule has 3 heteroatoms. The van der Waals surface area contributed by atoms with Gasteiger partial charge in [-0.2, -0.15) is 0 Å². The van der Waals surface area contributed by atoms with Gasteiger partial charge >= 0.3 is 0 Å². The largest absolute Gasteiger partial charge is 0.394 e. The highest BCUT2D eigenvalue weighted by molar-refractivity contribution is 8.03. The number of rotatable bonds is 2. The first-order valence-corrected chi connectivity index (χ1v) is 4.72. The normalized spacial score (nSPS) is 10.1. The fraction of sp³-hybridized carbons (Fsp3) is 0.200. The van der Waals surface area contributed by atoms with E-state index in [4.69, 9.17) is 5.73 Å². The Balaban J connectivity index is 3.17. The summed E-state index contributed by atoms with van der Waals surface area (Å²) in [7, 11) is 0. The molecule has 0 aliphatic rings. The molecule has 13 heavy (non-hydrogen) atoms. The van der Waals surface area contributed by atoms with Crippen molar-refractivity contribution in [3.05, 3.63) is 40.7 Å². The highest BCUT2D eigenvalue weighted by atomic mass is 32.2. The maximum Gasteiger partial charge on any atom is 0.140 e. The molecule has 1 nitrogen and oxygen atoms in total. The van der Waals surface area contributed by atoms with Crippen LogP contribution in [0.2, 0.25) is 0 Å². The van der Waals surface area contributed by atoms with E-state index >= 15 is 0 Å². The molecule has 1 rings (SSSR count). The van der Waals surface area contributed by atoms with Crippen LogP contribution in [0.5, 0.6) is 0 Å². The third kappa shape index (κ3) is 2.25. The molecule has 0 saturated heterocycles. The summed E-state index contributed by atoms with van der Waals surface area (Å²) >= 11 is 1.17. The van der Waals surface area contributed by atoms with Crippen molar-refractivity contribution in [3.8, 4) is 0 Å². The van der Waals surface area contributed by atoms with Crippen LogP contribution >= 0.6 is 11.8 Å². The van der Waals surface area contributed by atoms with Gasteiger partial charge in [0.25, 0.3) is 0 Å². The molecule has 0 heterocycles. The number of hydrogen-bond donors (Lipinski definition) is 1. The third-order valence-corrected chi connectivity index (χ3v) is 2.69. The van der Waals surface area contributed by atoms with Gasteiger partial charge in [-0.05, 0) is 25.0 Å². The molecule has 0 atom stereocenters. The van der Waals surface area contributed by atoms with Crippen molar-refractivity contribution in [1.29, 1.82) is 0 Å². The molecule has 0 aliphatic carbocycles. The van der Waals surface area contributed by atoms with Gasteiger partial charge in [0, 0.05) is 0 Å². The molecule has 0 spiro atoms. The number of nitrogens with two attached hydrogens (primary N) is 1. The van der Waals surface area contributed by atoms with Crippen LogP contribution in [0.25, 0.3) is 0 Å². The minimum absolute atomic E-state index is 0.198. The number of thioether (sulfide) groups is 1. The van der Waals surface area contributed by atoms with Crippen molar-refractivity contribution >= 4 is 11.8 Å². The van der Waals surface area contributed by atoms with Crippen LogP contribution in [0.4, 0.5) is 4.39 Å². The summed E-state index contributed by atoms with van der Waals surface area (Å²) in [4.78, 5) is 0.576. The Kier molecular flexibility index (Phi) is 2.98. The fourth-order valence-electron chi connectivity index (χ4n) is 1.01. The van der Waals surface area contributed by atoms with Crippen LogP contribution in [0.3, 0.4) is 0 Å². The Hall–Kier alpha value is -0.960. The molecule has 0 unspecified atom stereocenters. The number of hydrogen-bond acceptors (Lipinski definition) is 2. The summed E-state index contributed by atoms with van der Waals surface area (Å²) in [5.41, 5.74) is 6.94. The molecule has 0 bridgehead atoms. The van der Waals surface area contributed by atoms with Crippen molar-refractivity contribution < 1.29 is 4.39 Å². The Morgan fingerprint density at radius 2 is 1.92 bits per heavy atom. The lowest BCUT2D eigenvalue weighted by Crippen LogP contribution is -1.94. The van der Waals surface area contributed by atoms with Crippen molar-refractivity contribution in [2.24, 2.45) is 5.73 Å². The van der Waals surface area contributed by atoms with Crippen molar-refractivity contribution in [1.82, 2.24) is 0 Å². The van der Waals surface area contributed by atoms with E-state index in [-0.39, 0.29) is 5.82 Å². The summed E-state index contributed by atoms with van der Waals surface area (Å²) in [6.45, 7) is 7.13. The lowest BCUT2D eigenvalue weighted by Gasteiger charge is -2.07. The van der Waals surface area contributed by atoms with E-state index in [2.05, 4.69) is 6.58 Å². The first kappa shape index (κ1) is 10.1. The lowest BCUT2D eigenvalue weighted by molar-refractivity contribution is 0.590. The van der Waals surface area contributed by atoms with E-state index in [1.807, 2.05) is 13.0 Å². The molecule has 0 fully saturated rings. The number of benzene rings is 1. The van der Waals surface area contributed by atoms with Crippen molar-refractivity contribution in [2.45, 2.75) is 18.7 Å². The standard InChI is InChI=1S/C10H12FNS/c1-6-4-5-7(2)10(9(6)11)13-8(3)12/h4-5H,3,12H2,1-2H3. The van der Waals surface area contributed by atoms with E-state index < -0.39 is 0 Å². The topological polar surface area (TPSA) is 26.0 Å². The third-order valence-electron chi connectivity index (χ3n) is 1.72. The Bertz CT molecular complexity index is 347. The summed E-state index contributed by atoms with van der Waals surface area (Å²) in [6, 6.07) is 3.64. The minimum Gasteiger partial charge on any atom is -0.394 e. The highest BCUT2D eigenvalue weighted by Gasteiger charge is 2.09. The molecular formula is C10H12FNS. The maximum absolute atomic E-state index is 13.5. The van der Waals surface area contributed by atoms with Crippen LogP contribution in [0.15, 0.2) is 28.6 Å². The van der Waals surface area contributed by atoms with Crippen LogP contribution in [-0.4, -0.2) is 0 Å². The Labute approximate surface area is 81.8 Å². The zero-order chi connectivity index (χ0) is 10.0. The van der Waals surface area contributed by atoms with Gasteiger partial charge in [0.05, 0.1) is 9.92 Å². The predicted octanol–water partition coefficient (Wildman–Crippen LogP) is 2.96. The van der Waals surface area contributed by atoms with Gasteiger partial charge in [-0.25, -0.2) is 4.39 Å². The highest BCUT2D eigenvalue weighted by Crippen LogP contribution is 2.30. The smallest absolute Gasteiger partial charge is 0.140 e. The van der Waals surface area contributed by atoms with E-state index in [9.17, 15) is 4.39 Å². The van der Waals surface area contributed by atoms with Crippen molar-refractivity contribution in [2.75, 3.05) is 0 Å². The number of halogens is 1. The fourth-order valence-corrected chi connectivity index (χ4v) is 1.75. The average molecular weight is 197 g/mol. The van der Waals surface area contributed by atoms with Gasteiger partial charge in [0.15, 0.2) is 0 Å². The predicted molar refractivity (Wildman–Crippen MR) is 55.1 cm³/mol. The Morgan fingerprint density at radius 1 is 1.38 bits per heavy atom. The summed E-state index contributed by atoms with van der Waals surface area (Å²) in [6.07, 6.45) is 0. The van der Waals surface area contributed by atoms with Gasteiger partial charge < -0.3 is 5.73 Å². The molecular weight excluding hydrogens is 185 g/mol. The maximum atomic E-state index is 13.5. The van der Waals surface area contributed by atoms with Gasteiger partial charge in [0.1, 0.15) is 5.82 Å². The van der Waals surface area contributed by atoms with Gasteiger partial charge in [-0.15, -0.1) is 0 Å². The second-order valence-electron chi connectivity index (χ2n) is 2.91. The molecule has 0 aliphatic heterocycles. The average Bonchev–Trinajstić information content (AvgIpc) is 2.05. The molecule has 2 N–H and O–H groups in total. The Morgan fingerprint density at radius 3 is 2.46 bits per heavy atom. The van der Waals surface area contributed by atoms with Crippen LogP contribution in [0.1, 0.15) is 11.1 Å². The van der Waals surface area contributed by atoms with Crippen LogP contribution in [-0.2, 0) is 0 Å². The van der Waals surface area contributed by atoms with E-state index in [0.717, 1.165) is 5.56 Å². The van der Waals surface area contributed by atoms with Crippen molar-refractivity contribution in [3.63, 3.8) is 0 Å². The minimum atomic E-state index is -0.198. The molecule has 1 aromatic carbocycles. The summed E-state index contributed by atoms with van der Waals surface area (Å²) < 4.78 is 13.5. The monoisotopic (exact) mass is 197 g/mol. The van der Waals surface area contributed by atoms with E-state index in [0.29, 0.717) is 15.5 Å². The van der Waals surface area contributed by atoms with E-state index in [1.54, 1.807) is 13.0 Å². The summed E-state index contributed by atoms with van der Waals surface area (Å²) in [5.74, 6) is -0.198. The summed E-state index contributed by atoms with van der Waals surface area (Å²) in [5, 5.41) is 0.410. The molecule has 0 radical (unpaired) electrons.